The summed E-state index contributed by atoms with van der Waals surface area (Å²) in [6.45, 7) is 7.44. The predicted octanol–water partition coefficient (Wildman–Crippen LogP) is 3.56. The molecule has 1 aliphatic rings. The molecule has 1 saturated heterocycles. The maximum Gasteiger partial charge on any atom is 0.253 e. The van der Waals surface area contributed by atoms with E-state index in [1.54, 1.807) is 13.1 Å². The van der Waals surface area contributed by atoms with E-state index in [2.05, 4.69) is 4.98 Å². The van der Waals surface area contributed by atoms with Crippen LogP contribution in [0.25, 0.3) is 11.0 Å². The largest absolute Gasteiger partial charge is 0.339 e. The number of benzene rings is 2. The van der Waals surface area contributed by atoms with Gasteiger partial charge in [0.05, 0.1) is 22.5 Å². The standard InChI is InChI=1S/C24H30N4O3S/c1-16-12-18(3)22(13-17(16)2)32(30,31)26(4)15-23-25-20-14-19(8-9-21(20)27(23)5)24(29)28-10-6-7-11-28/h8-9,12-14H,6-7,10-11,15H2,1-5H3. The molecule has 2 aromatic carbocycles. The van der Waals surface area contributed by atoms with Gasteiger partial charge in [-0.25, -0.2) is 13.4 Å². The van der Waals surface area contributed by atoms with Crippen molar-refractivity contribution in [2.24, 2.45) is 7.05 Å². The molecule has 1 fully saturated rings. The molecule has 0 N–H and O–H groups in total. The molecule has 7 nitrogen and oxygen atoms in total. The fourth-order valence-electron chi connectivity index (χ4n) is 4.29. The molecule has 32 heavy (non-hydrogen) atoms. The molecule has 1 aromatic heterocycles. The lowest BCUT2D eigenvalue weighted by Gasteiger charge is -2.19. The van der Waals surface area contributed by atoms with Gasteiger partial charge in [0.15, 0.2) is 0 Å². The van der Waals surface area contributed by atoms with Gasteiger partial charge in [0.1, 0.15) is 5.82 Å². The Kier molecular flexibility index (Phi) is 5.85. The van der Waals surface area contributed by atoms with Crippen LogP contribution in [-0.2, 0) is 23.6 Å². The van der Waals surface area contributed by atoms with Gasteiger partial charge in [-0.3, -0.25) is 4.79 Å². The Balaban J connectivity index is 1.63. The number of nitrogens with zero attached hydrogens (tertiary/aromatic N) is 4. The quantitative estimate of drug-likeness (QED) is 0.591. The maximum atomic E-state index is 13.3. The van der Waals surface area contributed by atoms with Gasteiger partial charge in [0, 0.05) is 32.7 Å². The van der Waals surface area contributed by atoms with Crippen molar-refractivity contribution >= 4 is 27.0 Å². The minimum Gasteiger partial charge on any atom is -0.339 e. The molecule has 3 aromatic rings. The second-order valence-electron chi connectivity index (χ2n) is 8.75. The van der Waals surface area contributed by atoms with Crippen LogP contribution in [0.2, 0.25) is 0 Å². The van der Waals surface area contributed by atoms with Gasteiger partial charge in [-0.05, 0) is 74.6 Å². The molecule has 1 aliphatic heterocycles. The first-order chi connectivity index (χ1) is 15.1. The number of carbonyl (C=O) groups is 1. The molecule has 8 heteroatoms. The number of hydrogen-bond donors (Lipinski definition) is 0. The molecular weight excluding hydrogens is 424 g/mol. The third kappa shape index (κ3) is 3.93. The molecule has 0 aliphatic carbocycles. The smallest absolute Gasteiger partial charge is 0.253 e. The Morgan fingerprint density at radius 1 is 1.03 bits per heavy atom. The van der Waals surface area contributed by atoms with Gasteiger partial charge in [0.25, 0.3) is 5.91 Å². The Hall–Kier alpha value is -2.71. The summed E-state index contributed by atoms with van der Waals surface area (Å²) >= 11 is 0. The van der Waals surface area contributed by atoms with Crippen molar-refractivity contribution in [3.8, 4) is 0 Å². The minimum absolute atomic E-state index is 0.0292. The number of carbonyl (C=O) groups excluding carboxylic acids is 1. The highest BCUT2D eigenvalue weighted by Gasteiger charge is 2.26. The molecule has 4 rings (SSSR count). The van der Waals surface area contributed by atoms with Crippen LogP contribution in [0.3, 0.4) is 0 Å². The third-order valence-corrected chi connectivity index (χ3v) is 8.40. The van der Waals surface area contributed by atoms with Crippen molar-refractivity contribution in [1.82, 2.24) is 18.8 Å². The molecule has 0 atom stereocenters. The first kappa shape index (κ1) is 22.5. The number of rotatable bonds is 5. The van der Waals surface area contributed by atoms with E-state index in [1.807, 2.05) is 61.6 Å². The summed E-state index contributed by atoms with van der Waals surface area (Å²) in [4.78, 5) is 19.6. The highest BCUT2D eigenvalue weighted by molar-refractivity contribution is 7.89. The van der Waals surface area contributed by atoms with Crippen LogP contribution in [0.4, 0.5) is 0 Å². The Labute approximate surface area is 189 Å². The number of likely N-dealkylation sites (tertiary alicyclic amines) is 1. The van der Waals surface area contributed by atoms with Gasteiger partial charge in [-0.15, -0.1) is 0 Å². The van der Waals surface area contributed by atoms with E-state index >= 15 is 0 Å². The lowest BCUT2D eigenvalue weighted by atomic mass is 10.1. The molecule has 1 amide bonds. The first-order valence-corrected chi connectivity index (χ1v) is 12.3. The lowest BCUT2D eigenvalue weighted by Crippen LogP contribution is -2.28. The third-order valence-electron chi connectivity index (χ3n) is 6.46. The summed E-state index contributed by atoms with van der Waals surface area (Å²) in [5, 5.41) is 0. The zero-order valence-corrected chi connectivity index (χ0v) is 20.2. The van der Waals surface area contributed by atoms with Crippen LogP contribution in [0.1, 0.15) is 45.7 Å². The number of aryl methyl sites for hydroxylation is 4. The second kappa shape index (κ2) is 8.33. The summed E-state index contributed by atoms with van der Waals surface area (Å²) in [6.07, 6.45) is 2.09. The average molecular weight is 455 g/mol. The fourth-order valence-corrected chi connectivity index (χ4v) is 5.70. The van der Waals surface area contributed by atoms with Gasteiger partial charge in [0.2, 0.25) is 10.0 Å². The lowest BCUT2D eigenvalue weighted by molar-refractivity contribution is 0.0793. The molecule has 0 spiro atoms. The average Bonchev–Trinajstić information content (AvgIpc) is 3.38. The second-order valence-corrected chi connectivity index (χ2v) is 10.8. The molecule has 0 saturated carbocycles. The van der Waals surface area contributed by atoms with Crippen molar-refractivity contribution in [2.45, 2.75) is 45.1 Å². The monoisotopic (exact) mass is 454 g/mol. The molecule has 170 valence electrons. The fraction of sp³-hybridized carbons (Fsp3) is 0.417. The van der Waals surface area contributed by atoms with Gasteiger partial charge in [-0.1, -0.05) is 6.07 Å². The van der Waals surface area contributed by atoms with Crippen LogP contribution in [-0.4, -0.2) is 53.2 Å². The van der Waals surface area contributed by atoms with Crippen LogP contribution < -0.4 is 0 Å². The van der Waals surface area contributed by atoms with E-state index in [0.717, 1.165) is 48.1 Å². The van der Waals surface area contributed by atoms with E-state index in [0.29, 0.717) is 21.8 Å². The van der Waals surface area contributed by atoms with Crippen LogP contribution >= 0.6 is 0 Å². The molecule has 0 radical (unpaired) electrons. The zero-order valence-electron chi connectivity index (χ0n) is 19.3. The zero-order chi connectivity index (χ0) is 23.2. The summed E-state index contributed by atoms with van der Waals surface area (Å²) in [5.74, 6) is 0.653. The number of aromatic nitrogens is 2. The molecule has 0 bridgehead atoms. The Bertz CT molecular complexity index is 1300. The van der Waals surface area contributed by atoms with Gasteiger partial charge < -0.3 is 9.47 Å². The predicted molar refractivity (Wildman–Crippen MR) is 125 cm³/mol. The van der Waals surface area contributed by atoms with Crippen molar-refractivity contribution < 1.29 is 13.2 Å². The molecular formula is C24H30N4O3S. The normalized spacial score (nSPS) is 14.6. The van der Waals surface area contributed by atoms with Gasteiger partial charge in [-0.2, -0.15) is 4.31 Å². The van der Waals surface area contributed by atoms with Crippen molar-refractivity contribution in [1.29, 1.82) is 0 Å². The van der Waals surface area contributed by atoms with Crippen molar-refractivity contribution in [2.75, 3.05) is 20.1 Å². The van der Waals surface area contributed by atoms with E-state index in [9.17, 15) is 13.2 Å². The SMILES string of the molecule is Cc1cc(C)c(S(=O)(=O)N(C)Cc2nc3cc(C(=O)N4CCCC4)ccc3n2C)cc1C. The van der Waals surface area contributed by atoms with E-state index in [1.165, 1.54) is 4.31 Å². The van der Waals surface area contributed by atoms with Crippen molar-refractivity contribution in [3.05, 3.63) is 58.4 Å². The number of fused-ring (bicyclic) bond motifs is 1. The summed E-state index contributed by atoms with van der Waals surface area (Å²) < 4.78 is 29.8. The Morgan fingerprint density at radius 2 is 1.69 bits per heavy atom. The number of sulfonamides is 1. The maximum absolute atomic E-state index is 13.3. The molecule has 0 unspecified atom stereocenters. The summed E-state index contributed by atoms with van der Waals surface area (Å²) in [6, 6.07) is 9.16. The Morgan fingerprint density at radius 3 is 2.38 bits per heavy atom. The van der Waals surface area contributed by atoms with E-state index in [4.69, 9.17) is 0 Å². The molecule has 2 heterocycles. The number of imidazole rings is 1. The van der Waals surface area contributed by atoms with Crippen molar-refractivity contribution in [3.63, 3.8) is 0 Å². The highest BCUT2D eigenvalue weighted by atomic mass is 32.2. The number of hydrogen-bond acceptors (Lipinski definition) is 4. The number of amides is 1. The first-order valence-electron chi connectivity index (χ1n) is 10.9. The van der Waals surface area contributed by atoms with E-state index < -0.39 is 10.0 Å². The minimum atomic E-state index is -3.67. The summed E-state index contributed by atoms with van der Waals surface area (Å²) in [5.41, 5.74) is 4.93. The highest BCUT2D eigenvalue weighted by Crippen LogP contribution is 2.25. The van der Waals surface area contributed by atoms with E-state index in [-0.39, 0.29) is 12.5 Å². The van der Waals surface area contributed by atoms with Crippen LogP contribution in [0.15, 0.2) is 35.2 Å². The topological polar surface area (TPSA) is 75.5 Å². The van der Waals surface area contributed by atoms with Crippen LogP contribution in [0, 0.1) is 20.8 Å². The van der Waals surface area contributed by atoms with Gasteiger partial charge >= 0.3 is 0 Å². The van der Waals surface area contributed by atoms with Crippen LogP contribution in [0.5, 0.6) is 0 Å². The summed E-state index contributed by atoms with van der Waals surface area (Å²) in [7, 11) is -0.230.